The lowest BCUT2D eigenvalue weighted by atomic mass is 9.88. The average molecular weight is 416 g/mol. The topological polar surface area (TPSA) is 88.3 Å². The highest BCUT2D eigenvalue weighted by Crippen LogP contribution is 2.29. The largest absolute Gasteiger partial charge is 0.419 e. The molecule has 2 heterocycles. The van der Waals surface area contributed by atoms with E-state index in [1.54, 1.807) is 12.1 Å². The van der Waals surface area contributed by atoms with Gasteiger partial charge in [-0.3, -0.25) is 14.9 Å². The number of aromatic nitrogens is 1. The van der Waals surface area contributed by atoms with Crippen molar-refractivity contribution in [2.24, 2.45) is 5.92 Å². The summed E-state index contributed by atoms with van der Waals surface area (Å²) in [4.78, 5) is 39.1. The number of ether oxygens (including phenoxy) is 1. The zero-order valence-electron chi connectivity index (χ0n) is 17.7. The van der Waals surface area contributed by atoms with Gasteiger partial charge in [0.15, 0.2) is 5.76 Å². The molecule has 4 rings (SSSR count). The molecule has 2 aromatic carbocycles. The van der Waals surface area contributed by atoms with E-state index in [-0.39, 0.29) is 23.2 Å². The number of allylic oxidation sites excluding steroid dienone is 1. The van der Waals surface area contributed by atoms with Crippen LogP contribution in [0.15, 0.2) is 65.2 Å². The molecule has 158 valence electrons. The summed E-state index contributed by atoms with van der Waals surface area (Å²) in [6, 6.07) is 16.1. The molecule has 1 atom stereocenters. The second-order valence-corrected chi connectivity index (χ2v) is 8.01. The monoisotopic (exact) mass is 416 g/mol. The van der Waals surface area contributed by atoms with Crippen LogP contribution in [0.1, 0.15) is 37.8 Å². The minimum atomic E-state index is -0.800. The molecule has 1 fully saturated rings. The zero-order chi connectivity index (χ0) is 22.1. The predicted molar refractivity (Wildman–Crippen MR) is 120 cm³/mol. The van der Waals surface area contributed by atoms with Gasteiger partial charge in [-0.15, -0.1) is 0 Å². The third-order valence-electron chi connectivity index (χ3n) is 5.65. The number of hydrogen-bond donors (Lipinski definition) is 2. The first-order chi connectivity index (χ1) is 14.9. The highest BCUT2D eigenvalue weighted by atomic mass is 16.6. The molecule has 1 aromatic heterocycles. The summed E-state index contributed by atoms with van der Waals surface area (Å²) in [5, 5.41) is 4.41. The van der Waals surface area contributed by atoms with E-state index in [0.29, 0.717) is 5.56 Å². The van der Waals surface area contributed by atoms with Crippen molar-refractivity contribution in [2.75, 3.05) is 0 Å². The van der Waals surface area contributed by atoms with Crippen molar-refractivity contribution in [2.45, 2.75) is 33.1 Å². The van der Waals surface area contributed by atoms with Gasteiger partial charge in [-0.05, 0) is 52.4 Å². The highest BCUT2D eigenvalue weighted by molar-refractivity contribution is 6.07. The van der Waals surface area contributed by atoms with E-state index in [0.717, 1.165) is 23.1 Å². The van der Waals surface area contributed by atoms with Gasteiger partial charge in [0.05, 0.1) is 0 Å². The number of benzene rings is 2. The maximum absolute atomic E-state index is 13.0. The Morgan fingerprint density at radius 3 is 2.48 bits per heavy atom. The Labute approximate surface area is 179 Å². The van der Waals surface area contributed by atoms with Crippen molar-refractivity contribution in [1.82, 2.24) is 10.3 Å². The summed E-state index contributed by atoms with van der Waals surface area (Å²) in [5.74, 6) is -1.03. The van der Waals surface area contributed by atoms with Crippen LogP contribution in [0.4, 0.5) is 4.79 Å². The van der Waals surface area contributed by atoms with Gasteiger partial charge in [-0.2, -0.15) is 0 Å². The van der Waals surface area contributed by atoms with Crippen LogP contribution >= 0.6 is 0 Å². The maximum atomic E-state index is 13.0. The normalized spacial score (nSPS) is 16.1. The molecule has 31 heavy (non-hydrogen) atoms. The van der Waals surface area contributed by atoms with Gasteiger partial charge in [0, 0.05) is 17.2 Å². The second kappa shape index (κ2) is 8.22. The number of hydrogen-bond acceptors (Lipinski definition) is 4. The number of pyridine rings is 1. The first-order valence-electron chi connectivity index (χ1n) is 10.4. The molecule has 1 unspecified atom stereocenters. The van der Waals surface area contributed by atoms with Crippen molar-refractivity contribution in [3.8, 4) is 11.3 Å². The van der Waals surface area contributed by atoms with Gasteiger partial charge >= 0.3 is 6.09 Å². The Morgan fingerprint density at radius 2 is 1.84 bits per heavy atom. The van der Waals surface area contributed by atoms with Crippen molar-refractivity contribution in [1.29, 1.82) is 0 Å². The molecule has 0 saturated carbocycles. The molecule has 0 spiro atoms. The number of H-pyrrole nitrogens is 1. The second-order valence-electron chi connectivity index (χ2n) is 8.01. The zero-order valence-corrected chi connectivity index (χ0v) is 17.7. The van der Waals surface area contributed by atoms with Crippen LogP contribution in [0, 0.1) is 5.92 Å². The lowest BCUT2D eigenvalue weighted by molar-refractivity contribution is -0.116. The predicted octanol–water partition coefficient (Wildman–Crippen LogP) is 4.65. The highest BCUT2D eigenvalue weighted by Gasteiger charge is 2.29. The van der Waals surface area contributed by atoms with Gasteiger partial charge in [-0.25, -0.2) is 4.79 Å². The molecular formula is C25H24N2O4. The summed E-state index contributed by atoms with van der Waals surface area (Å²) in [7, 11) is 0. The molecule has 6 nitrogen and oxygen atoms in total. The molecule has 1 aliphatic heterocycles. The number of aryl methyl sites for hydroxylation is 1. The fourth-order valence-corrected chi connectivity index (χ4v) is 3.97. The molecule has 0 aliphatic carbocycles. The van der Waals surface area contributed by atoms with E-state index in [2.05, 4.69) is 47.6 Å². The fraction of sp³-hybridized carbons (Fsp3) is 0.240. The van der Waals surface area contributed by atoms with Gasteiger partial charge < -0.3 is 9.72 Å². The van der Waals surface area contributed by atoms with Crippen molar-refractivity contribution >= 4 is 22.8 Å². The first-order valence-corrected chi connectivity index (χ1v) is 10.4. The third kappa shape index (κ3) is 4.01. The van der Waals surface area contributed by atoms with Crippen LogP contribution in [0.2, 0.25) is 0 Å². The number of cyclic esters (lactones) is 1. The quantitative estimate of drug-likeness (QED) is 0.593. The lowest BCUT2D eigenvalue weighted by Gasteiger charge is -2.17. The summed E-state index contributed by atoms with van der Waals surface area (Å²) >= 11 is 0. The number of aromatic amines is 1. The molecule has 1 saturated heterocycles. The van der Waals surface area contributed by atoms with Crippen molar-refractivity contribution in [3.05, 3.63) is 81.8 Å². The molecule has 0 bridgehead atoms. The Bertz CT molecular complexity index is 1270. The number of carbonyl (C=O) groups is 2. The standard InChI is InChI=1S/C25H24N2O4/c1-4-15-6-5-7-16-8-9-17(12-20(15)16)21-11-10-18(23(28)26-21)19(14(2)3)13-22-24(29)27-25(30)31-22/h5-14,19H,4H2,1-3H3,(H,26,28)(H,27,29,30). The molecular weight excluding hydrogens is 392 g/mol. The van der Waals surface area contributed by atoms with Gasteiger partial charge in [0.25, 0.3) is 11.5 Å². The van der Waals surface area contributed by atoms with E-state index in [1.807, 2.05) is 26.0 Å². The minimum Gasteiger partial charge on any atom is -0.404 e. The summed E-state index contributed by atoms with van der Waals surface area (Å²) in [6.07, 6.45) is 1.67. The Morgan fingerprint density at radius 1 is 1.03 bits per heavy atom. The number of alkyl carbamates (subject to hydrolysis) is 1. The van der Waals surface area contributed by atoms with Crippen LogP contribution in [-0.4, -0.2) is 17.0 Å². The van der Waals surface area contributed by atoms with Crippen LogP contribution in [0.3, 0.4) is 0 Å². The van der Waals surface area contributed by atoms with E-state index >= 15 is 0 Å². The summed E-state index contributed by atoms with van der Waals surface area (Å²) < 4.78 is 4.92. The first kappa shape index (κ1) is 20.6. The number of carbonyl (C=O) groups excluding carboxylic acids is 2. The van der Waals surface area contributed by atoms with E-state index in [9.17, 15) is 14.4 Å². The summed E-state index contributed by atoms with van der Waals surface area (Å²) in [6.45, 7) is 6.01. The molecule has 3 aromatic rings. The Balaban J connectivity index is 1.73. The van der Waals surface area contributed by atoms with Crippen molar-refractivity contribution < 1.29 is 14.3 Å². The third-order valence-corrected chi connectivity index (χ3v) is 5.65. The lowest BCUT2D eigenvalue weighted by Crippen LogP contribution is -2.21. The number of amides is 2. The minimum absolute atomic E-state index is 0.0133. The van der Waals surface area contributed by atoms with Gasteiger partial charge in [0.2, 0.25) is 0 Å². The van der Waals surface area contributed by atoms with Crippen LogP contribution in [-0.2, 0) is 16.0 Å². The van der Waals surface area contributed by atoms with Gasteiger partial charge in [0.1, 0.15) is 0 Å². The summed E-state index contributed by atoms with van der Waals surface area (Å²) in [5.41, 5.74) is 3.19. The fourth-order valence-electron chi connectivity index (χ4n) is 3.97. The van der Waals surface area contributed by atoms with E-state index in [4.69, 9.17) is 4.74 Å². The van der Waals surface area contributed by atoms with E-state index in [1.165, 1.54) is 10.9 Å². The van der Waals surface area contributed by atoms with Crippen molar-refractivity contribution in [3.63, 3.8) is 0 Å². The molecule has 0 radical (unpaired) electrons. The maximum Gasteiger partial charge on any atom is 0.419 e. The van der Waals surface area contributed by atoms with Crippen LogP contribution in [0.5, 0.6) is 0 Å². The number of nitrogens with one attached hydrogen (secondary N) is 2. The van der Waals surface area contributed by atoms with Gasteiger partial charge in [-0.1, -0.05) is 57.2 Å². The van der Waals surface area contributed by atoms with Crippen LogP contribution < -0.4 is 10.9 Å². The van der Waals surface area contributed by atoms with Crippen LogP contribution in [0.25, 0.3) is 22.0 Å². The smallest absolute Gasteiger partial charge is 0.404 e. The Kier molecular flexibility index (Phi) is 5.46. The molecule has 2 N–H and O–H groups in total. The molecule has 6 heteroatoms. The number of rotatable bonds is 5. The SMILES string of the molecule is CCc1cccc2ccc(-c3ccc(C(C=C4OC(=O)NC4=O)C(C)C)c(=O)[nH]3)cc12. The molecule has 2 amide bonds. The number of fused-ring (bicyclic) bond motifs is 1. The van der Waals surface area contributed by atoms with E-state index < -0.39 is 12.0 Å². The molecule has 1 aliphatic rings. The number of imide groups is 1. The Hall–Kier alpha value is -3.67. The average Bonchev–Trinajstić information content (AvgIpc) is 3.07.